The van der Waals surface area contributed by atoms with Gasteiger partial charge in [-0.25, -0.2) is 0 Å². The molecule has 1 aromatic rings. The Labute approximate surface area is 146 Å². The Bertz CT molecular complexity index is 377. The van der Waals surface area contributed by atoms with Crippen molar-refractivity contribution in [3.05, 3.63) is 24.2 Å². The van der Waals surface area contributed by atoms with E-state index in [9.17, 15) is 0 Å². The summed E-state index contributed by atoms with van der Waals surface area (Å²) in [6.45, 7) is 10.4. The minimum Gasteiger partial charge on any atom is -0.469 e. The Kier molecular flexibility index (Phi) is 11.5. The Morgan fingerprint density at radius 3 is 2.62 bits per heavy atom. The van der Waals surface area contributed by atoms with Crippen molar-refractivity contribution in [1.82, 2.24) is 10.6 Å². The highest BCUT2D eigenvalue weighted by Gasteiger charge is 2.06. The van der Waals surface area contributed by atoms with E-state index in [0.29, 0.717) is 6.04 Å². The van der Waals surface area contributed by atoms with Crippen molar-refractivity contribution in [2.75, 3.05) is 13.1 Å². The maximum atomic E-state index is 5.31. The SMILES string of the molecule is CCNC(=NCCc1ccco1)NC(C)CCC(C)C.I. The van der Waals surface area contributed by atoms with Gasteiger partial charge in [0.25, 0.3) is 0 Å². The van der Waals surface area contributed by atoms with Gasteiger partial charge in [0.15, 0.2) is 5.96 Å². The summed E-state index contributed by atoms with van der Waals surface area (Å²) in [7, 11) is 0. The van der Waals surface area contributed by atoms with Crippen molar-refractivity contribution in [2.24, 2.45) is 10.9 Å². The molecule has 0 aromatic carbocycles. The van der Waals surface area contributed by atoms with Gasteiger partial charge >= 0.3 is 0 Å². The highest BCUT2D eigenvalue weighted by Crippen LogP contribution is 2.06. The van der Waals surface area contributed by atoms with E-state index in [1.807, 2.05) is 12.1 Å². The maximum Gasteiger partial charge on any atom is 0.191 e. The van der Waals surface area contributed by atoms with Crippen LogP contribution in [0.15, 0.2) is 27.8 Å². The van der Waals surface area contributed by atoms with Crippen molar-refractivity contribution in [3.8, 4) is 0 Å². The molecule has 0 spiro atoms. The van der Waals surface area contributed by atoms with Crippen LogP contribution in [0.3, 0.4) is 0 Å². The van der Waals surface area contributed by atoms with Crippen LogP contribution in [0.5, 0.6) is 0 Å². The summed E-state index contributed by atoms with van der Waals surface area (Å²) in [5.74, 6) is 2.63. The molecule has 1 atom stereocenters. The summed E-state index contributed by atoms with van der Waals surface area (Å²) in [6.07, 6.45) is 4.95. The van der Waals surface area contributed by atoms with E-state index >= 15 is 0 Å². The van der Waals surface area contributed by atoms with Crippen LogP contribution < -0.4 is 10.6 Å². The molecule has 1 unspecified atom stereocenters. The van der Waals surface area contributed by atoms with Gasteiger partial charge in [-0.1, -0.05) is 13.8 Å². The Morgan fingerprint density at radius 1 is 1.29 bits per heavy atom. The first-order chi connectivity index (χ1) is 9.61. The van der Waals surface area contributed by atoms with Crippen LogP contribution in [0.25, 0.3) is 0 Å². The highest BCUT2D eigenvalue weighted by atomic mass is 127. The van der Waals surface area contributed by atoms with E-state index in [1.165, 1.54) is 12.8 Å². The maximum absolute atomic E-state index is 5.31. The van der Waals surface area contributed by atoms with Gasteiger partial charge in [-0.3, -0.25) is 4.99 Å². The van der Waals surface area contributed by atoms with Gasteiger partial charge in [-0.05, 0) is 44.7 Å². The van der Waals surface area contributed by atoms with Crippen molar-refractivity contribution in [2.45, 2.75) is 53.0 Å². The summed E-state index contributed by atoms with van der Waals surface area (Å²) in [5.41, 5.74) is 0. The van der Waals surface area contributed by atoms with Crippen LogP contribution in [0.1, 0.15) is 46.3 Å². The van der Waals surface area contributed by atoms with Gasteiger partial charge in [-0.2, -0.15) is 0 Å². The van der Waals surface area contributed by atoms with Gasteiger partial charge in [0.1, 0.15) is 5.76 Å². The molecule has 1 heterocycles. The summed E-state index contributed by atoms with van der Waals surface area (Å²) in [5, 5.41) is 6.75. The third-order valence-corrected chi connectivity index (χ3v) is 3.11. The van der Waals surface area contributed by atoms with Gasteiger partial charge in [0.2, 0.25) is 0 Å². The minimum atomic E-state index is 0. The number of aliphatic imine (C=N–C) groups is 1. The van der Waals surface area contributed by atoms with Crippen LogP contribution in [0, 0.1) is 5.92 Å². The van der Waals surface area contributed by atoms with E-state index in [4.69, 9.17) is 4.42 Å². The van der Waals surface area contributed by atoms with Crippen LogP contribution in [0.2, 0.25) is 0 Å². The lowest BCUT2D eigenvalue weighted by molar-refractivity contribution is 0.488. The summed E-state index contributed by atoms with van der Waals surface area (Å²) in [6, 6.07) is 4.34. The lowest BCUT2D eigenvalue weighted by atomic mass is 10.0. The van der Waals surface area contributed by atoms with E-state index in [-0.39, 0.29) is 24.0 Å². The number of halogens is 1. The average Bonchev–Trinajstić information content (AvgIpc) is 2.89. The zero-order valence-corrected chi connectivity index (χ0v) is 16.0. The first-order valence-electron chi connectivity index (χ1n) is 7.69. The molecule has 21 heavy (non-hydrogen) atoms. The predicted molar refractivity (Wildman–Crippen MR) is 100 cm³/mol. The summed E-state index contributed by atoms with van der Waals surface area (Å²) >= 11 is 0. The largest absolute Gasteiger partial charge is 0.469 e. The number of hydrogen-bond donors (Lipinski definition) is 2. The predicted octanol–water partition coefficient (Wildman–Crippen LogP) is 3.82. The van der Waals surface area contributed by atoms with Gasteiger partial charge < -0.3 is 15.1 Å². The quantitative estimate of drug-likeness (QED) is 0.391. The van der Waals surface area contributed by atoms with Gasteiger partial charge in [0, 0.05) is 25.6 Å². The standard InChI is InChI=1S/C16H29N3O.HI/c1-5-17-16(19-14(4)9-8-13(2)3)18-11-10-15-7-6-12-20-15;/h6-7,12-14H,5,8-11H2,1-4H3,(H2,17,18,19);1H. The lowest BCUT2D eigenvalue weighted by Gasteiger charge is -2.18. The van der Waals surface area contributed by atoms with Crippen LogP contribution in [0.4, 0.5) is 0 Å². The Balaban J connectivity index is 0.00000400. The molecule has 0 aliphatic carbocycles. The zero-order chi connectivity index (χ0) is 14.8. The third kappa shape index (κ3) is 9.77. The van der Waals surface area contributed by atoms with Crippen molar-refractivity contribution in [3.63, 3.8) is 0 Å². The molecule has 0 aliphatic rings. The molecule has 1 aromatic heterocycles. The molecule has 5 heteroatoms. The fraction of sp³-hybridized carbons (Fsp3) is 0.688. The second kappa shape index (κ2) is 11.9. The summed E-state index contributed by atoms with van der Waals surface area (Å²) in [4.78, 5) is 4.59. The molecule has 0 fully saturated rings. The fourth-order valence-corrected chi connectivity index (χ4v) is 1.94. The molecule has 0 saturated carbocycles. The van der Waals surface area contributed by atoms with E-state index < -0.39 is 0 Å². The number of hydrogen-bond acceptors (Lipinski definition) is 2. The molecular formula is C16H30IN3O. The first-order valence-corrected chi connectivity index (χ1v) is 7.69. The van der Waals surface area contributed by atoms with E-state index in [2.05, 4.69) is 43.3 Å². The minimum absolute atomic E-state index is 0. The molecule has 0 aliphatic heterocycles. The molecule has 122 valence electrons. The van der Waals surface area contributed by atoms with E-state index in [1.54, 1.807) is 6.26 Å². The van der Waals surface area contributed by atoms with Gasteiger partial charge in [-0.15, -0.1) is 24.0 Å². The third-order valence-electron chi connectivity index (χ3n) is 3.11. The van der Waals surface area contributed by atoms with Crippen LogP contribution in [-0.4, -0.2) is 25.1 Å². The first kappa shape index (κ1) is 20.3. The topological polar surface area (TPSA) is 49.6 Å². The lowest BCUT2D eigenvalue weighted by Crippen LogP contribution is -2.42. The monoisotopic (exact) mass is 407 g/mol. The highest BCUT2D eigenvalue weighted by molar-refractivity contribution is 14.0. The number of nitrogens with one attached hydrogen (secondary N) is 2. The fourth-order valence-electron chi connectivity index (χ4n) is 1.94. The molecule has 0 saturated heterocycles. The average molecular weight is 407 g/mol. The zero-order valence-electron chi connectivity index (χ0n) is 13.7. The molecular weight excluding hydrogens is 377 g/mol. The normalized spacial score (nSPS) is 12.9. The Hall–Kier alpha value is -0.720. The number of guanidine groups is 1. The van der Waals surface area contributed by atoms with Crippen molar-refractivity contribution >= 4 is 29.9 Å². The van der Waals surface area contributed by atoms with E-state index in [0.717, 1.165) is 37.1 Å². The molecule has 1 rings (SSSR count). The van der Waals surface area contributed by atoms with Crippen molar-refractivity contribution in [1.29, 1.82) is 0 Å². The van der Waals surface area contributed by atoms with Crippen LogP contribution in [-0.2, 0) is 6.42 Å². The number of rotatable bonds is 8. The number of furan rings is 1. The second-order valence-electron chi connectivity index (χ2n) is 5.61. The number of nitrogens with zero attached hydrogens (tertiary/aromatic N) is 1. The van der Waals surface area contributed by atoms with Gasteiger partial charge in [0.05, 0.1) is 6.26 Å². The summed E-state index contributed by atoms with van der Waals surface area (Å²) < 4.78 is 5.31. The smallest absolute Gasteiger partial charge is 0.191 e. The molecule has 0 radical (unpaired) electrons. The van der Waals surface area contributed by atoms with Crippen LogP contribution >= 0.6 is 24.0 Å². The molecule has 0 bridgehead atoms. The van der Waals surface area contributed by atoms with Crippen molar-refractivity contribution < 1.29 is 4.42 Å². The second-order valence-corrected chi connectivity index (χ2v) is 5.61. The molecule has 0 amide bonds. The molecule has 4 nitrogen and oxygen atoms in total. The Morgan fingerprint density at radius 2 is 2.05 bits per heavy atom. The molecule has 2 N–H and O–H groups in total.